The third-order valence-corrected chi connectivity index (χ3v) is 5.73. The molecule has 2 N–H and O–H groups in total. The molecule has 33 heavy (non-hydrogen) atoms. The Morgan fingerprint density at radius 3 is 2.76 bits per heavy atom. The number of thiazole rings is 1. The molecule has 0 bridgehead atoms. The minimum absolute atomic E-state index is 0.0166. The van der Waals surface area contributed by atoms with E-state index in [-0.39, 0.29) is 38.3 Å². The zero-order valence-electron chi connectivity index (χ0n) is 16.3. The SMILES string of the molecule is Cn1c(=O)[nH]c2oc(Cl)c(CC(=O)Nc3nc(-c4cccc(C(F)(F)F)c4F)cs3)c2c1=O. The van der Waals surface area contributed by atoms with Gasteiger partial charge in [-0.2, -0.15) is 13.2 Å². The van der Waals surface area contributed by atoms with E-state index in [1.165, 1.54) is 12.4 Å². The Balaban J connectivity index is 1.59. The van der Waals surface area contributed by atoms with Crippen molar-refractivity contribution in [2.45, 2.75) is 12.6 Å². The Hall–Kier alpha value is -3.45. The molecule has 14 heteroatoms. The van der Waals surface area contributed by atoms with Crippen molar-refractivity contribution in [3.8, 4) is 11.3 Å². The topological polar surface area (TPSA) is 110 Å². The predicted molar refractivity (Wildman–Crippen MR) is 112 cm³/mol. The quantitative estimate of drug-likeness (QED) is 0.411. The molecule has 3 heterocycles. The molecule has 0 unspecified atom stereocenters. The van der Waals surface area contributed by atoms with Crippen molar-refractivity contribution in [1.29, 1.82) is 0 Å². The number of H-pyrrole nitrogens is 1. The third-order valence-electron chi connectivity index (χ3n) is 4.67. The van der Waals surface area contributed by atoms with Crippen LogP contribution in [0.1, 0.15) is 11.1 Å². The van der Waals surface area contributed by atoms with Crippen molar-refractivity contribution in [2.75, 3.05) is 5.32 Å². The number of nitrogens with zero attached hydrogens (tertiary/aromatic N) is 2. The molecule has 0 atom stereocenters. The van der Waals surface area contributed by atoms with Gasteiger partial charge in [0.05, 0.1) is 17.7 Å². The number of aromatic nitrogens is 3. The summed E-state index contributed by atoms with van der Waals surface area (Å²) in [5.74, 6) is -2.16. The second kappa shape index (κ2) is 8.15. The first-order valence-electron chi connectivity index (χ1n) is 8.99. The van der Waals surface area contributed by atoms with Crippen LogP contribution in [0.5, 0.6) is 0 Å². The molecule has 0 saturated heterocycles. The summed E-state index contributed by atoms with van der Waals surface area (Å²) in [6, 6.07) is 2.80. The highest BCUT2D eigenvalue weighted by Gasteiger charge is 2.35. The van der Waals surface area contributed by atoms with Crippen LogP contribution in [-0.2, 0) is 24.4 Å². The van der Waals surface area contributed by atoms with Gasteiger partial charge in [-0.25, -0.2) is 14.2 Å². The molecule has 0 radical (unpaired) electrons. The summed E-state index contributed by atoms with van der Waals surface area (Å²) in [5, 5.41) is 3.33. The standard InChI is InChI=1S/C19H11ClF4N4O4S/c1-28-16(30)12-8(14(20)32-15(12)27-18(28)31)5-11(29)26-17-25-10(6-33-17)7-3-2-4-9(13(7)21)19(22,23)24/h2-4,6H,5H2,1H3,(H,27,31)(H,25,26,29). The Labute approximate surface area is 189 Å². The van der Waals surface area contributed by atoms with Crippen molar-refractivity contribution in [3.63, 3.8) is 0 Å². The summed E-state index contributed by atoms with van der Waals surface area (Å²) < 4.78 is 59.1. The summed E-state index contributed by atoms with van der Waals surface area (Å²) in [6.45, 7) is 0. The number of carbonyl (C=O) groups excluding carboxylic acids is 1. The van der Waals surface area contributed by atoms with Crippen molar-refractivity contribution in [2.24, 2.45) is 7.05 Å². The van der Waals surface area contributed by atoms with Gasteiger partial charge in [-0.1, -0.05) is 6.07 Å². The Kier molecular flexibility index (Phi) is 5.62. The van der Waals surface area contributed by atoms with Crippen LogP contribution in [0.4, 0.5) is 22.7 Å². The van der Waals surface area contributed by atoms with Crippen molar-refractivity contribution in [1.82, 2.24) is 14.5 Å². The molecule has 0 saturated carbocycles. The zero-order valence-corrected chi connectivity index (χ0v) is 17.9. The summed E-state index contributed by atoms with van der Waals surface area (Å²) in [4.78, 5) is 42.8. The van der Waals surface area contributed by atoms with Gasteiger partial charge >= 0.3 is 11.9 Å². The van der Waals surface area contributed by atoms with Crippen LogP contribution in [0.2, 0.25) is 5.22 Å². The Bertz CT molecular complexity index is 1520. The number of hydrogen-bond acceptors (Lipinski definition) is 6. The number of alkyl halides is 3. The molecular weight excluding hydrogens is 492 g/mol. The van der Waals surface area contributed by atoms with Gasteiger partial charge < -0.3 is 9.73 Å². The van der Waals surface area contributed by atoms with Gasteiger partial charge in [0.2, 0.25) is 16.8 Å². The van der Waals surface area contributed by atoms with E-state index in [1.807, 2.05) is 0 Å². The van der Waals surface area contributed by atoms with Crippen LogP contribution in [0.15, 0.2) is 37.6 Å². The van der Waals surface area contributed by atoms with Gasteiger partial charge in [-0.15, -0.1) is 11.3 Å². The van der Waals surface area contributed by atoms with Gasteiger partial charge in [-0.05, 0) is 23.7 Å². The molecule has 172 valence electrons. The fraction of sp³-hybridized carbons (Fsp3) is 0.158. The van der Waals surface area contributed by atoms with Crippen molar-refractivity contribution in [3.05, 3.63) is 66.6 Å². The molecule has 0 aliphatic heterocycles. The number of rotatable bonds is 4. The lowest BCUT2D eigenvalue weighted by Gasteiger charge is -2.09. The van der Waals surface area contributed by atoms with Crippen LogP contribution in [-0.4, -0.2) is 20.4 Å². The van der Waals surface area contributed by atoms with Crippen LogP contribution in [0.3, 0.4) is 0 Å². The maximum atomic E-state index is 14.3. The first-order valence-corrected chi connectivity index (χ1v) is 10.2. The third kappa shape index (κ3) is 4.16. The van der Waals surface area contributed by atoms with E-state index in [2.05, 4.69) is 15.3 Å². The minimum atomic E-state index is -4.87. The average Bonchev–Trinajstić information content (AvgIpc) is 3.30. The fourth-order valence-corrected chi connectivity index (χ4v) is 4.04. The first kappa shape index (κ1) is 22.7. The van der Waals surface area contributed by atoms with Crippen LogP contribution >= 0.6 is 22.9 Å². The van der Waals surface area contributed by atoms with E-state index >= 15 is 0 Å². The minimum Gasteiger partial charge on any atom is -0.428 e. The Morgan fingerprint density at radius 2 is 2.06 bits per heavy atom. The van der Waals surface area contributed by atoms with Gasteiger partial charge in [0.1, 0.15) is 11.2 Å². The normalized spacial score (nSPS) is 11.8. The van der Waals surface area contributed by atoms with Crippen molar-refractivity contribution >= 4 is 45.1 Å². The molecule has 8 nitrogen and oxygen atoms in total. The number of benzene rings is 1. The van der Waals surface area contributed by atoms with E-state index in [4.69, 9.17) is 16.0 Å². The second-order valence-electron chi connectivity index (χ2n) is 6.78. The number of nitrogens with one attached hydrogen (secondary N) is 2. The van der Waals surface area contributed by atoms with E-state index in [9.17, 15) is 31.9 Å². The lowest BCUT2D eigenvalue weighted by Crippen LogP contribution is -2.32. The maximum Gasteiger partial charge on any atom is 0.419 e. The molecule has 4 aromatic rings. The zero-order chi connectivity index (χ0) is 24.1. The smallest absolute Gasteiger partial charge is 0.419 e. The second-order valence-corrected chi connectivity index (χ2v) is 7.98. The van der Waals surface area contributed by atoms with Gasteiger partial charge in [0, 0.05) is 23.6 Å². The summed E-state index contributed by atoms with van der Waals surface area (Å²) in [6.07, 6.45) is -5.30. The van der Waals surface area contributed by atoms with E-state index in [0.717, 1.165) is 28.0 Å². The van der Waals surface area contributed by atoms with Crippen molar-refractivity contribution < 1.29 is 26.8 Å². The highest BCUT2D eigenvalue weighted by molar-refractivity contribution is 7.14. The number of fused-ring (bicyclic) bond motifs is 1. The lowest BCUT2D eigenvalue weighted by molar-refractivity contribution is -0.139. The molecule has 0 aliphatic carbocycles. The number of carbonyl (C=O) groups is 1. The molecule has 0 fully saturated rings. The molecule has 3 aromatic heterocycles. The summed E-state index contributed by atoms with van der Waals surface area (Å²) >= 11 is 6.84. The lowest BCUT2D eigenvalue weighted by atomic mass is 10.1. The van der Waals surface area contributed by atoms with Gasteiger partial charge in [0.25, 0.3) is 5.56 Å². The molecule has 0 aliphatic rings. The average molecular weight is 503 g/mol. The van der Waals surface area contributed by atoms with Crippen LogP contribution in [0, 0.1) is 5.82 Å². The molecule has 0 spiro atoms. The Morgan fingerprint density at radius 1 is 1.33 bits per heavy atom. The number of amides is 1. The monoisotopic (exact) mass is 502 g/mol. The van der Waals surface area contributed by atoms with E-state index in [1.54, 1.807) is 0 Å². The van der Waals surface area contributed by atoms with E-state index in [0.29, 0.717) is 6.07 Å². The fourth-order valence-electron chi connectivity index (χ4n) is 3.08. The maximum absolute atomic E-state index is 14.3. The molecule has 1 aromatic carbocycles. The largest absolute Gasteiger partial charge is 0.428 e. The summed E-state index contributed by atoms with van der Waals surface area (Å²) in [7, 11) is 1.23. The van der Waals surface area contributed by atoms with Gasteiger partial charge in [0.15, 0.2) is 5.13 Å². The molecule has 4 rings (SSSR count). The highest BCUT2D eigenvalue weighted by atomic mass is 35.5. The first-order chi connectivity index (χ1) is 15.5. The number of furan rings is 1. The molecular formula is C19H11ClF4N4O4S. The van der Waals surface area contributed by atoms with E-state index < -0.39 is 41.1 Å². The van der Waals surface area contributed by atoms with Crippen LogP contribution in [0.25, 0.3) is 22.4 Å². The highest BCUT2D eigenvalue weighted by Crippen LogP contribution is 2.36. The number of aromatic amines is 1. The van der Waals surface area contributed by atoms with Gasteiger partial charge in [-0.3, -0.25) is 19.1 Å². The molecule has 1 amide bonds. The predicted octanol–water partition coefficient (Wildman–Crippen LogP) is 3.94. The number of halogens is 5. The number of anilines is 1. The summed E-state index contributed by atoms with van der Waals surface area (Å²) in [5.41, 5.74) is -3.52. The van der Waals surface area contributed by atoms with Crippen LogP contribution < -0.4 is 16.6 Å². The number of hydrogen-bond donors (Lipinski definition) is 2.